The number of amides is 1. The van der Waals surface area contributed by atoms with Crippen LogP contribution >= 0.6 is 11.3 Å². The summed E-state index contributed by atoms with van der Waals surface area (Å²) in [6, 6.07) is 7.61. The zero-order chi connectivity index (χ0) is 14.4. The molecule has 0 fully saturated rings. The van der Waals surface area contributed by atoms with Gasteiger partial charge < -0.3 is 9.64 Å². The number of benzene rings is 1. The van der Waals surface area contributed by atoms with Crippen LogP contribution in [-0.2, 0) is 17.6 Å². The topological polar surface area (TPSA) is 42.4 Å². The summed E-state index contributed by atoms with van der Waals surface area (Å²) in [5.41, 5.74) is 0.968. The van der Waals surface area contributed by atoms with E-state index < -0.39 is 0 Å². The van der Waals surface area contributed by atoms with Crippen LogP contribution in [0.2, 0.25) is 0 Å². The SMILES string of the molecule is COc1cccc(CC(=O)N(C)CCc2nccs2)c1. The first-order valence-electron chi connectivity index (χ1n) is 6.44. The summed E-state index contributed by atoms with van der Waals surface area (Å²) >= 11 is 1.62. The molecule has 1 amide bonds. The normalized spacial score (nSPS) is 10.3. The number of ether oxygens (including phenoxy) is 1. The molecule has 0 aliphatic rings. The Labute approximate surface area is 123 Å². The number of hydrogen-bond donors (Lipinski definition) is 0. The van der Waals surface area contributed by atoms with Gasteiger partial charge in [-0.15, -0.1) is 11.3 Å². The molecule has 0 saturated carbocycles. The smallest absolute Gasteiger partial charge is 0.226 e. The van der Waals surface area contributed by atoms with Gasteiger partial charge in [0.25, 0.3) is 0 Å². The summed E-state index contributed by atoms with van der Waals surface area (Å²) in [4.78, 5) is 18.1. The summed E-state index contributed by atoms with van der Waals surface area (Å²) in [7, 11) is 3.46. The molecule has 5 heteroatoms. The molecule has 0 atom stereocenters. The maximum atomic E-state index is 12.1. The van der Waals surface area contributed by atoms with Crippen LogP contribution in [0.5, 0.6) is 5.75 Å². The van der Waals surface area contributed by atoms with E-state index >= 15 is 0 Å². The number of methoxy groups -OCH3 is 1. The van der Waals surface area contributed by atoms with Crippen molar-refractivity contribution in [1.82, 2.24) is 9.88 Å². The third kappa shape index (κ3) is 4.06. The number of carbonyl (C=O) groups excluding carboxylic acids is 1. The van der Waals surface area contributed by atoms with Gasteiger partial charge in [-0.3, -0.25) is 4.79 Å². The van der Waals surface area contributed by atoms with E-state index in [-0.39, 0.29) is 5.91 Å². The maximum absolute atomic E-state index is 12.1. The molecule has 0 spiro atoms. The fourth-order valence-corrected chi connectivity index (χ4v) is 2.47. The first-order chi connectivity index (χ1) is 9.69. The van der Waals surface area contributed by atoms with Crippen LogP contribution in [0.25, 0.3) is 0 Å². The molecule has 1 aromatic carbocycles. The number of carbonyl (C=O) groups is 1. The molecule has 0 aliphatic heterocycles. The lowest BCUT2D eigenvalue weighted by Crippen LogP contribution is -2.30. The van der Waals surface area contributed by atoms with E-state index in [1.807, 2.05) is 36.7 Å². The van der Waals surface area contributed by atoms with Crippen LogP contribution in [0.3, 0.4) is 0 Å². The lowest BCUT2D eigenvalue weighted by atomic mass is 10.1. The Kier molecular flexibility index (Phi) is 5.12. The second-order valence-corrected chi connectivity index (χ2v) is 5.50. The Balaban J connectivity index is 1.86. The number of likely N-dealkylation sites (N-methyl/N-ethyl adjacent to an activating group) is 1. The van der Waals surface area contributed by atoms with Crippen LogP contribution < -0.4 is 4.74 Å². The quantitative estimate of drug-likeness (QED) is 0.820. The average molecular weight is 290 g/mol. The van der Waals surface area contributed by atoms with Crippen molar-refractivity contribution < 1.29 is 9.53 Å². The summed E-state index contributed by atoms with van der Waals surface area (Å²) < 4.78 is 5.16. The Hall–Kier alpha value is -1.88. The fraction of sp³-hybridized carbons (Fsp3) is 0.333. The van der Waals surface area contributed by atoms with Crippen molar-refractivity contribution in [3.05, 3.63) is 46.4 Å². The highest BCUT2D eigenvalue weighted by Crippen LogP contribution is 2.13. The van der Waals surface area contributed by atoms with E-state index in [2.05, 4.69) is 4.98 Å². The predicted octanol–water partition coefficient (Wildman–Crippen LogP) is 2.40. The molecule has 0 bridgehead atoms. The van der Waals surface area contributed by atoms with Crippen LogP contribution in [0, 0.1) is 0 Å². The van der Waals surface area contributed by atoms with Crippen LogP contribution in [0.4, 0.5) is 0 Å². The van der Waals surface area contributed by atoms with Gasteiger partial charge in [-0.05, 0) is 17.7 Å². The number of nitrogens with zero attached hydrogens (tertiary/aromatic N) is 2. The molecule has 0 aliphatic carbocycles. The molecule has 20 heavy (non-hydrogen) atoms. The van der Waals surface area contributed by atoms with Crippen molar-refractivity contribution in [3.63, 3.8) is 0 Å². The van der Waals surface area contributed by atoms with E-state index in [1.54, 1.807) is 29.5 Å². The molecule has 1 heterocycles. The Morgan fingerprint density at radius 2 is 2.30 bits per heavy atom. The first kappa shape index (κ1) is 14.5. The highest BCUT2D eigenvalue weighted by molar-refractivity contribution is 7.09. The average Bonchev–Trinajstić information content (AvgIpc) is 2.98. The molecular weight excluding hydrogens is 272 g/mol. The molecule has 0 N–H and O–H groups in total. The Morgan fingerprint density at radius 3 is 3.00 bits per heavy atom. The minimum atomic E-state index is 0.106. The van der Waals surface area contributed by atoms with E-state index in [0.717, 1.165) is 22.7 Å². The van der Waals surface area contributed by atoms with Gasteiger partial charge >= 0.3 is 0 Å². The lowest BCUT2D eigenvalue weighted by Gasteiger charge is -2.16. The number of hydrogen-bond acceptors (Lipinski definition) is 4. The summed E-state index contributed by atoms with van der Waals surface area (Å²) in [5, 5.41) is 3.01. The zero-order valence-electron chi connectivity index (χ0n) is 11.7. The van der Waals surface area contributed by atoms with E-state index in [9.17, 15) is 4.79 Å². The van der Waals surface area contributed by atoms with Crippen molar-refractivity contribution in [2.24, 2.45) is 0 Å². The molecule has 0 unspecified atom stereocenters. The molecule has 0 radical (unpaired) electrons. The molecule has 4 nitrogen and oxygen atoms in total. The molecule has 2 rings (SSSR count). The van der Waals surface area contributed by atoms with Gasteiger partial charge in [0.05, 0.1) is 18.5 Å². The number of aromatic nitrogens is 1. The molecule has 106 valence electrons. The van der Waals surface area contributed by atoms with Gasteiger partial charge in [-0.2, -0.15) is 0 Å². The van der Waals surface area contributed by atoms with E-state index in [0.29, 0.717) is 13.0 Å². The minimum Gasteiger partial charge on any atom is -0.497 e. The predicted molar refractivity (Wildman–Crippen MR) is 80.2 cm³/mol. The van der Waals surface area contributed by atoms with Gasteiger partial charge in [0.2, 0.25) is 5.91 Å². The van der Waals surface area contributed by atoms with E-state index in [1.165, 1.54) is 0 Å². The summed E-state index contributed by atoms with van der Waals surface area (Å²) in [6.45, 7) is 0.691. The summed E-state index contributed by atoms with van der Waals surface area (Å²) in [5.74, 6) is 0.885. The molecular formula is C15H18N2O2S. The monoisotopic (exact) mass is 290 g/mol. The molecule has 1 aromatic heterocycles. The van der Waals surface area contributed by atoms with Gasteiger partial charge in [-0.25, -0.2) is 4.98 Å². The van der Waals surface area contributed by atoms with Crippen molar-refractivity contribution in [2.45, 2.75) is 12.8 Å². The molecule has 2 aromatic rings. The summed E-state index contributed by atoms with van der Waals surface area (Å²) in [6.07, 6.45) is 2.99. The lowest BCUT2D eigenvalue weighted by molar-refractivity contribution is -0.129. The van der Waals surface area contributed by atoms with E-state index in [4.69, 9.17) is 4.74 Å². The highest BCUT2D eigenvalue weighted by atomic mass is 32.1. The van der Waals surface area contributed by atoms with Crippen LogP contribution in [0.15, 0.2) is 35.8 Å². The Morgan fingerprint density at radius 1 is 1.45 bits per heavy atom. The minimum absolute atomic E-state index is 0.106. The van der Waals surface area contributed by atoms with Gasteiger partial charge in [0, 0.05) is 31.6 Å². The molecule has 0 saturated heterocycles. The first-order valence-corrected chi connectivity index (χ1v) is 7.32. The van der Waals surface area contributed by atoms with Crippen LogP contribution in [-0.4, -0.2) is 36.5 Å². The zero-order valence-corrected chi connectivity index (χ0v) is 12.5. The number of rotatable bonds is 6. The van der Waals surface area contributed by atoms with Gasteiger partial charge in [0.15, 0.2) is 0 Å². The second kappa shape index (κ2) is 7.05. The highest BCUT2D eigenvalue weighted by Gasteiger charge is 2.10. The van der Waals surface area contributed by atoms with Crippen molar-refractivity contribution in [3.8, 4) is 5.75 Å². The van der Waals surface area contributed by atoms with Crippen molar-refractivity contribution in [1.29, 1.82) is 0 Å². The third-order valence-electron chi connectivity index (χ3n) is 3.06. The largest absolute Gasteiger partial charge is 0.497 e. The third-order valence-corrected chi connectivity index (χ3v) is 3.90. The fourth-order valence-electron chi connectivity index (χ4n) is 1.86. The van der Waals surface area contributed by atoms with Crippen molar-refractivity contribution in [2.75, 3.05) is 20.7 Å². The van der Waals surface area contributed by atoms with Gasteiger partial charge in [-0.1, -0.05) is 12.1 Å². The van der Waals surface area contributed by atoms with Crippen LogP contribution in [0.1, 0.15) is 10.6 Å². The number of thiazole rings is 1. The Bertz CT molecular complexity index is 555. The maximum Gasteiger partial charge on any atom is 0.226 e. The standard InChI is InChI=1S/C15H18N2O2S/c1-17(8-6-14-16-7-9-20-14)15(18)11-12-4-3-5-13(10-12)19-2/h3-5,7,9-10H,6,8,11H2,1-2H3. The second-order valence-electron chi connectivity index (χ2n) is 4.52. The van der Waals surface area contributed by atoms with Gasteiger partial charge in [0.1, 0.15) is 5.75 Å². The van der Waals surface area contributed by atoms with Crippen molar-refractivity contribution >= 4 is 17.2 Å².